The van der Waals surface area contributed by atoms with Crippen LogP contribution >= 0.6 is 0 Å². The van der Waals surface area contributed by atoms with Crippen LogP contribution in [0, 0.1) is 5.82 Å². The number of urea groups is 1. The average Bonchev–Trinajstić information content (AvgIpc) is 3.19. The first kappa shape index (κ1) is 17.0. The molecule has 2 fully saturated rings. The van der Waals surface area contributed by atoms with E-state index < -0.39 is 5.82 Å². The van der Waals surface area contributed by atoms with Crippen molar-refractivity contribution in [1.29, 1.82) is 0 Å². The molecule has 6 heteroatoms. The van der Waals surface area contributed by atoms with Gasteiger partial charge in [-0.3, -0.25) is 4.90 Å². The first-order valence-electron chi connectivity index (χ1n) is 8.79. The summed E-state index contributed by atoms with van der Waals surface area (Å²) in [5.41, 5.74) is 0.195. The van der Waals surface area contributed by atoms with Gasteiger partial charge < -0.3 is 15.0 Å². The molecule has 24 heavy (non-hydrogen) atoms. The van der Waals surface area contributed by atoms with Crippen LogP contribution in [-0.2, 0) is 0 Å². The number of amides is 2. The quantitative estimate of drug-likeness (QED) is 0.918. The third kappa shape index (κ3) is 3.98. The lowest BCUT2D eigenvalue weighted by Crippen LogP contribution is -2.38. The van der Waals surface area contributed by atoms with Gasteiger partial charge in [0.15, 0.2) is 0 Å². The fourth-order valence-electron chi connectivity index (χ4n) is 3.47. The normalized spacial score (nSPS) is 21.5. The van der Waals surface area contributed by atoms with Crippen LogP contribution in [0.15, 0.2) is 18.2 Å². The maximum atomic E-state index is 14.1. The Bertz CT molecular complexity index is 588. The van der Waals surface area contributed by atoms with Crippen LogP contribution in [0.1, 0.15) is 33.1 Å². The Labute approximate surface area is 142 Å². The molecular weight excluding hydrogens is 309 g/mol. The summed E-state index contributed by atoms with van der Waals surface area (Å²) in [5, 5.41) is 2.68. The highest BCUT2D eigenvalue weighted by atomic mass is 19.1. The van der Waals surface area contributed by atoms with Gasteiger partial charge in [0.2, 0.25) is 0 Å². The van der Waals surface area contributed by atoms with Crippen molar-refractivity contribution in [1.82, 2.24) is 9.80 Å². The second-order valence-electron chi connectivity index (χ2n) is 6.87. The molecule has 2 aliphatic rings. The van der Waals surface area contributed by atoms with Crippen LogP contribution in [0.2, 0.25) is 0 Å². The number of rotatable bonds is 4. The van der Waals surface area contributed by atoms with E-state index in [4.69, 9.17) is 4.74 Å². The predicted molar refractivity (Wildman–Crippen MR) is 92.0 cm³/mol. The second-order valence-corrected chi connectivity index (χ2v) is 6.87. The summed E-state index contributed by atoms with van der Waals surface area (Å²) in [5.74, 6) is -0.00689. The van der Waals surface area contributed by atoms with E-state index in [0.717, 1.165) is 32.6 Å². The number of anilines is 1. The van der Waals surface area contributed by atoms with E-state index in [2.05, 4.69) is 10.2 Å². The molecule has 1 N–H and O–H groups in total. The SMILES string of the molecule is CC(C)Oc1ccc(NC(=O)N2CCC(N3CCCC3)C2)c(F)c1. The Hall–Kier alpha value is -1.82. The molecule has 0 spiro atoms. The molecule has 2 saturated heterocycles. The van der Waals surface area contributed by atoms with Crippen molar-refractivity contribution in [2.24, 2.45) is 0 Å². The van der Waals surface area contributed by atoms with Crippen molar-refractivity contribution >= 4 is 11.7 Å². The number of likely N-dealkylation sites (tertiary alicyclic amines) is 2. The Morgan fingerprint density at radius 2 is 2.04 bits per heavy atom. The summed E-state index contributed by atoms with van der Waals surface area (Å²) < 4.78 is 19.6. The molecule has 0 aromatic heterocycles. The van der Waals surface area contributed by atoms with Crippen LogP contribution in [0.25, 0.3) is 0 Å². The molecule has 2 amide bonds. The van der Waals surface area contributed by atoms with Gasteiger partial charge in [0.1, 0.15) is 11.6 Å². The molecule has 5 nitrogen and oxygen atoms in total. The van der Waals surface area contributed by atoms with Crippen molar-refractivity contribution in [3.05, 3.63) is 24.0 Å². The minimum absolute atomic E-state index is 0.0167. The highest BCUT2D eigenvalue weighted by Gasteiger charge is 2.31. The smallest absolute Gasteiger partial charge is 0.321 e. The highest BCUT2D eigenvalue weighted by molar-refractivity contribution is 5.89. The van der Waals surface area contributed by atoms with Crippen molar-refractivity contribution in [3.8, 4) is 5.75 Å². The number of nitrogens with one attached hydrogen (secondary N) is 1. The van der Waals surface area contributed by atoms with Gasteiger partial charge in [-0.05, 0) is 58.3 Å². The Morgan fingerprint density at radius 3 is 2.71 bits per heavy atom. The van der Waals surface area contributed by atoms with Crippen LogP contribution < -0.4 is 10.1 Å². The number of nitrogens with zero attached hydrogens (tertiary/aromatic N) is 2. The molecule has 0 aliphatic carbocycles. The summed E-state index contributed by atoms with van der Waals surface area (Å²) in [4.78, 5) is 16.6. The standard InChI is InChI=1S/C18H26FN3O2/c1-13(2)24-15-5-6-17(16(19)11-15)20-18(23)22-10-7-14(12-22)21-8-3-4-9-21/h5-6,11,13-14H,3-4,7-10,12H2,1-2H3,(H,20,23). The molecule has 1 unspecified atom stereocenters. The first-order chi connectivity index (χ1) is 11.5. The molecule has 2 aliphatic heterocycles. The predicted octanol–water partition coefficient (Wildman–Crippen LogP) is 3.31. The topological polar surface area (TPSA) is 44.8 Å². The summed E-state index contributed by atoms with van der Waals surface area (Å²) in [6.07, 6.45) is 3.48. The first-order valence-corrected chi connectivity index (χ1v) is 8.79. The van der Waals surface area contributed by atoms with Gasteiger partial charge in [-0.25, -0.2) is 9.18 Å². The lowest BCUT2D eigenvalue weighted by Gasteiger charge is -2.23. The number of halogens is 1. The van der Waals surface area contributed by atoms with Gasteiger partial charge >= 0.3 is 6.03 Å². The van der Waals surface area contributed by atoms with Crippen molar-refractivity contribution in [3.63, 3.8) is 0 Å². The van der Waals surface area contributed by atoms with E-state index in [1.165, 1.54) is 18.9 Å². The lowest BCUT2D eigenvalue weighted by atomic mass is 10.2. The zero-order valence-electron chi connectivity index (χ0n) is 14.4. The third-order valence-corrected chi connectivity index (χ3v) is 4.66. The van der Waals surface area contributed by atoms with Gasteiger partial charge in [0, 0.05) is 25.2 Å². The Balaban J connectivity index is 1.57. The number of carbonyl (C=O) groups excluding carboxylic acids is 1. The average molecular weight is 335 g/mol. The van der Waals surface area contributed by atoms with Crippen LogP contribution in [0.3, 0.4) is 0 Å². The largest absolute Gasteiger partial charge is 0.491 e. The summed E-state index contributed by atoms with van der Waals surface area (Å²) in [6.45, 7) is 7.48. The minimum Gasteiger partial charge on any atom is -0.491 e. The van der Waals surface area contributed by atoms with Gasteiger partial charge in [-0.15, -0.1) is 0 Å². The lowest BCUT2D eigenvalue weighted by molar-refractivity contribution is 0.210. The zero-order valence-corrected chi connectivity index (χ0v) is 14.4. The fraction of sp³-hybridized carbons (Fsp3) is 0.611. The van der Waals surface area contributed by atoms with Crippen LogP contribution in [0.5, 0.6) is 5.75 Å². The van der Waals surface area contributed by atoms with Crippen molar-refractivity contribution < 1.29 is 13.9 Å². The minimum atomic E-state index is -0.475. The van der Waals surface area contributed by atoms with Crippen LogP contribution in [0.4, 0.5) is 14.9 Å². The highest BCUT2D eigenvalue weighted by Crippen LogP contribution is 2.24. The van der Waals surface area contributed by atoms with Gasteiger partial charge in [0.25, 0.3) is 0 Å². The zero-order chi connectivity index (χ0) is 17.1. The molecule has 1 atom stereocenters. The maximum Gasteiger partial charge on any atom is 0.321 e. The molecule has 132 valence electrons. The number of ether oxygens (including phenoxy) is 1. The third-order valence-electron chi connectivity index (χ3n) is 4.66. The Morgan fingerprint density at radius 1 is 1.29 bits per heavy atom. The van der Waals surface area contributed by atoms with Crippen molar-refractivity contribution in [2.75, 3.05) is 31.5 Å². The molecule has 0 saturated carbocycles. The monoisotopic (exact) mass is 335 g/mol. The number of hydrogen-bond acceptors (Lipinski definition) is 3. The summed E-state index contributed by atoms with van der Waals surface area (Å²) >= 11 is 0. The van der Waals surface area contributed by atoms with E-state index >= 15 is 0 Å². The molecule has 1 aromatic rings. The van der Waals surface area contributed by atoms with Gasteiger partial charge in [0.05, 0.1) is 11.8 Å². The maximum absolute atomic E-state index is 14.1. The molecule has 1 aromatic carbocycles. The van der Waals surface area contributed by atoms with Crippen LogP contribution in [-0.4, -0.2) is 54.2 Å². The van der Waals surface area contributed by atoms with E-state index in [0.29, 0.717) is 11.8 Å². The fourth-order valence-corrected chi connectivity index (χ4v) is 3.47. The second kappa shape index (κ2) is 7.38. The molecule has 0 radical (unpaired) electrons. The number of carbonyl (C=O) groups is 1. The number of hydrogen-bond donors (Lipinski definition) is 1. The van der Waals surface area contributed by atoms with E-state index in [-0.39, 0.29) is 17.8 Å². The molecule has 0 bridgehead atoms. The summed E-state index contributed by atoms with van der Waals surface area (Å²) in [7, 11) is 0. The summed E-state index contributed by atoms with van der Waals surface area (Å²) in [6, 6.07) is 4.76. The number of benzene rings is 1. The van der Waals surface area contributed by atoms with E-state index in [1.807, 2.05) is 13.8 Å². The van der Waals surface area contributed by atoms with E-state index in [9.17, 15) is 9.18 Å². The molecule has 3 rings (SSSR count). The molecular formula is C18H26FN3O2. The van der Waals surface area contributed by atoms with Gasteiger partial charge in [-0.1, -0.05) is 0 Å². The Kier molecular flexibility index (Phi) is 5.23. The van der Waals surface area contributed by atoms with Gasteiger partial charge in [-0.2, -0.15) is 0 Å². The van der Waals surface area contributed by atoms with E-state index in [1.54, 1.807) is 17.0 Å². The van der Waals surface area contributed by atoms with Crippen molar-refractivity contribution in [2.45, 2.75) is 45.3 Å². The molecule has 2 heterocycles.